The third-order valence-corrected chi connectivity index (χ3v) is 1.65. The van der Waals surface area contributed by atoms with E-state index in [0.29, 0.717) is 5.92 Å². The number of hydrogen-bond acceptors (Lipinski definition) is 2. The van der Waals surface area contributed by atoms with Gasteiger partial charge in [0.2, 0.25) is 0 Å². The van der Waals surface area contributed by atoms with Gasteiger partial charge in [-0.15, -0.1) is 0 Å². The Morgan fingerprint density at radius 3 is 2.50 bits per heavy atom. The summed E-state index contributed by atoms with van der Waals surface area (Å²) in [5, 5.41) is 1.35. The largest absolute Gasteiger partial charge is 0.321 e. The Morgan fingerprint density at radius 1 is 1.70 bits per heavy atom. The molecule has 2 nitrogen and oxygen atoms in total. The van der Waals surface area contributed by atoms with Gasteiger partial charge in [-0.1, -0.05) is 29.8 Å². The van der Waals surface area contributed by atoms with Gasteiger partial charge in [0, 0.05) is 0 Å². The van der Waals surface area contributed by atoms with E-state index in [1.165, 1.54) is 5.33 Å². The fourth-order valence-electron chi connectivity index (χ4n) is 0.705. The lowest BCUT2D eigenvalue weighted by Gasteiger charge is -2.10. The molecule has 0 unspecified atom stereocenters. The van der Waals surface area contributed by atoms with Gasteiger partial charge in [-0.3, -0.25) is 4.79 Å². The molecule has 0 amide bonds. The second-order valence-corrected chi connectivity index (χ2v) is 3.21. The first-order valence-corrected chi connectivity index (χ1v) is 4.22. The smallest absolute Gasteiger partial charge is 0.164 e. The van der Waals surface area contributed by atoms with Crippen LogP contribution in [0.2, 0.25) is 0 Å². The number of rotatable bonds is 4. The van der Waals surface area contributed by atoms with Crippen molar-refractivity contribution in [3.63, 3.8) is 0 Å². The lowest BCUT2D eigenvalue weighted by atomic mass is 10.0. The maximum absolute atomic E-state index is 10.8. The Bertz CT molecular complexity index is 114. The van der Waals surface area contributed by atoms with E-state index in [2.05, 4.69) is 15.9 Å². The summed E-state index contributed by atoms with van der Waals surface area (Å²) < 4.78 is 0. The Balaban J connectivity index is 3.61. The van der Waals surface area contributed by atoms with Crippen molar-refractivity contribution < 1.29 is 4.79 Å². The van der Waals surface area contributed by atoms with E-state index in [0.717, 1.165) is 6.42 Å². The van der Waals surface area contributed by atoms with E-state index < -0.39 is 0 Å². The molecule has 0 aliphatic carbocycles. The maximum atomic E-state index is 10.8. The van der Waals surface area contributed by atoms with E-state index in [4.69, 9.17) is 5.73 Å². The highest BCUT2D eigenvalue weighted by Gasteiger charge is 2.12. The van der Waals surface area contributed by atoms with E-state index in [9.17, 15) is 4.79 Å². The molecule has 0 aliphatic rings. The zero-order chi connectivity index (χ0) is 8.15. The summed E-state index contributed by atoms with van der Waals surface area (Å²) in [4.78, 5) is 10.8. The fourth-order valence-corrected chi connectivity index (χ4v) is 1.04. The highest BCUT2D eigenvalue weighted by molar-refractivity contribution is 9.11. The van der Waals surface area contributed by atoms with Crippen LogP contribution in [0.5, 0.6) is 0 Å². The van der Waals surface area contributed by atoms with Gasteiger partial charge in [0.05, 0.1) is 11.4 Å². The van der Waals surface area contributed by atoms with Crippen molar-refractivity contribution in [2.24, 2.45) is 11.7 Å². The van der Waals surface area contributed by atoms with Crippen LogP contribution in [0, 0.1) is 11.2 Å². The Kier molecular flexibility index (Phi) is 4.91. The van der Waals surface area contributed by atoms with E-state index in [1.807, 2.05) is 13.8 Å². The molecule has 0 aliphatic heterocycles. The minimum atomic E-state index is -0.334. The topological polar surface area (TPSA) is 43.1 Å². The summed E-state index contributed by atoms with van der Waals surface area (Å²) in [6, 6.07) is -0.334. The first-order valence-electron chi connectivity index (χ1n) is 3.30. The van der Waals surface area contributed by atoms with Crippen molar-refractivity contribution in [1.82, 2.24) is 0 Å². The standard InChI is InChI=1S/C7H13BrNO/c1-5(2)3-6(9)7(10)4-8/h4-6H,3,9H2,1-2H3/t6-/m0/s1. The van der Waals surface area contributed by atoms with Crippen molar-refractivity contribution in [2.75, 3.05) is 0 Å². The SMILES string of the molecule is CC(C)C[C@H](N)C(=O)[CH]Br. The molecule has 0 rings (SSSR count). The Morgan fingerprint density at radius 2 is 2.20 bits per heavy atom. The maximum Gasteiger partial charge on any atom is 0.164 e. The number of carbonyl (C=O) groups excluding carboxylic acids is 1. The van der Waals surface area contributed by atoms with Crippen LogP contribution in [0.1, 0.15) is 20.3 Å². The van der Waals surface area contributed by atoms with Gasteiger partial charge in [0.1, 0.15) is 0 Å². The number of Topliss-reactive ketones (excluding diaryl/α,β-unsaturated/α-hetero) is 1. The molecular formula is C7H13BrNO. The molecule has 0 fully saturated rings. The summed E-state index contributed by atoms with van der Waals surface area (Å²) >= 11 is 2.95. The normalized spacial score (nSPS) is 13.7. The second kappa shape index (κ2) is 4.85. The molecule has 0 saturated carbocycles. The average Bonchev–Trinajstić information content (AvgIpc) is 1.85. The third kappa shape index (κ3) is 4.01. The Labute approximate surface area is 70.3 Å². The molecule has 0 spiro atoms. The molecule has 3 heteroatoms. The summed E-state index contributed by atoms with van der Waals surface area (Å²) in [5.41, 5.74) is 5.52. The van der Waals surface area contributed by atoms with Crippen LogP contribution in [0.15, 0.2) is 0 Å². The van der Waals surface area contributed by atoms with Crippen molar-refractivity contribution in [2.45, 2.75) is 26.3 Å². The summed E-state index contributed by atoms with van der Waals surface area (Å²) in [5.74, 6) is 0.445. The van der Waals surface area contributed by atoms with Crippen LogP contribution in [0.3, 0.4) is 0 Å². The van der Waals surface area contributed by atoms with Crippen LogP contribution >= 0.6 is 15.9 Å². The number of hydrogen-bond donors (Lipinski definition) is 1. The van der Waals surface area contributed by atoms with Crippen LogP contribution in [-0.2, 0) is 4.79 Å². The molecule has 0 aromatic heterocycles. The van der Waals surface area contributed by atoms with Gasteiger partial charge in [-0.25, -0.2) is 0 Å². The molecule has 0 aromatic rings. The van der Waals surface area contributed by atoms with Crippen LogP contribution in [0.25, 0.3) is 0 Å². The first kappa shape index (κ1) is 10.1. The van der Waals surface area contributed by atoms with Crippen molar-refractivity contribution in [3.8, 4) is 0 Å². The van der Waals surface area contributed by atoms with Gasteiger partial charge < -0.3 is 5.73 Å². The lowest BCUT2D eigenvalue weighted by molar-refractivity contribution is -0.116. The molecule has 0 saturated heterocycles. The third-order valence-electron chi connectivity index (χ3n) is 1.20. The highest BCUT2D eigenvalue weighted by Crippen LogP contribution is 2.05. The van der Waals surface area contributed by atoms with Crippen LogP contribution < -0.4 is 5.73 Å². The molecule has 0 heterocycles. The summed E-state index contributed by atoms with van der Waals surface area (Å²) in [7, 11) is 0. The number of carbonyl (C=O) groups is 1. The molecular weight excluding hydrogens is 194 g/mol. The minimum Gasteiger partial charge on any atom is -0.321 e. The molecule has 59 valence electrons. The minimum absolute atomic E-state index is 0.0336. The molecule has 2 N–H and O–H groups in total. The van der Waals surface area contributed by atoms with Gasteiger partial charge >= 0.3 is 0 Å². The first-order chi connectivity index (χ1) is 4.57. The number of halogens is 1. The van der Waals surface area contributed by atoms with Crippen molar-refractivity contribution in [1.29, 1.82) is 0 Å². The molecule has 1 radical (unpaired) electrons. The predicted molar refractivity (Wildman–Crippen MR) is 45.7 cm³/mol. The van der Waals surface area contributed by atoms with E-state index >= 15 is 0 Å². The predicted octanol–water partition coefficient (Wildman–Crippen LogP) is 1.49. The molecule has 0 bridgehead atoms. The average molecular weight is 207 g/mol. The fraction of sp³-hybridized carbons (Fsp3) is 0.714. The number of ketones is 1. The quantitative estimate of drug-likeness (QED) is 0.758. The van der Waals surface area contributed by atoms with Crippen molar-refractivity contribution in [3.05, 3.63) is 5.33 Å². The monoisotopic (exact) mass is 206 g/mol. The van der Waals surface area contributed by atoms with Gasteiger partial charge in [-0.2, -0.15) is 0 Å². The summed E-state index contributed by atoms with van der Waals surface area (Å²) in [6.07, 6.45) is 0.751. The molecule has 1 atom stereocenters. The lowest BCUT2D eigenvalue weighted by Crippen LogP contribution is -2.30. The summed E-state index contributed by atoms with van der Waals surface area (Å²) in [6.45, 7) is 4.09. The second-order valence-electron chi connectivity index (χ2n) is 2.75. The number of nitrogens with two attached hydrogens (primary N) is 1. The highest BCUT2D eigenvalue weighted by atomic mass is 79.9. The van der Waals surface area contributed by atoms with Crippen LogP contribution in [-0.4, -0.2) is 11.8 Å². The zero-order valence-electron chi connectivity index (χ0n) is 6.30. The Hall–Kier alpha value is 0.110. The zero-order valence-corrected chi connectivity index (χ0v) is 7.89. The van der Waals surface area contributed by atoms with Crippen molar-refractivity contribution >= 4 is 21.7 Å². The van der Waals surface area contributed by atoms with Gasteiger partial charge in [0.25, 0.3) is 0 Å². The van der Waals surface area contributed by atoms with Crippen LogP contribution in [0.4, 0.5) is 0 Å². The van der Waals surface area contributed by atoms with Gasteiger partial charge in [-0.05, 0) is 12.3 Å². The molecule has 0 aromatic carbocycles. The van der Waals surface area contributed by atoms with E-state index in [1.54, 1.807) is 0 Å². The van der Waals surface area contributed by atoms with E-state index in [-0.39, 0.29) is 11.8 Å². The van der Waals surface area contributed by atoms with Gasteiger partial charge in [0.15, 0.2) is 5.78 Å². The molecule has 10 heavy (non-hydrogen) atoms.